The lowest BCUT2D eigenvalue weighted by molar-refractivity contribution is 0.103. The lowest BCUT2D eigenvalue weighted by atomic mass is 10.3. The molecular formula is C14H16N2O3S. The van der Waals surface area contributed by atoms with Crippen LogP contribution in [0, 0.1) is 0 Å². The Hall–Kier alpha value is -2.05. The van der Waals surface area contributed by atoms with E-state index in [1.807, 2.05) is 0 Å². The zero-order chi connectivity index (χ0) is 14.4. The maximum Gasteiger partial charge on any atom is 0.265 e. The van der Waals surface area contributed by atoms with Crippen LogP contribution in [0.4, 0.5) is 5.69 Å². The molecule has 5 nitrogen and oxygen atoms in total. The monoisotopic (exact) mass is 292 g/mol. The molecule has 0 spiro atoms. The molecule has 1 aromatic carbocycles. The van der Waals surface area contributed by atoms with Crippen LogP contribution in [0.2, 0.25) is 0 Å². The van der Waals surface area contributed by atoms with Gasteiger partial charge in [-0.2, -0.15) is 0 Å². The van der Waals surface area contributed by atoms with Gasteiger partial charge in [0.15, 0.2) is 0 Å². The minimum absolute atomic E-state index is 0.158. The van der Waals surface area contributed by atoms with E-state index in [1.165, 1.54) is 11.3 Å². The van der Waals surface area contributed by atoms with Gasteiger partial charge in [-0.3, -0.25) is 4.79 Å². The van der Waals surface area contributed by atoms with E-state index in [0.29, 0.717) is 29.5 Å². The molecule has 0 saturated carbocycles. The highest BCUT2D eigenvalue weighted by Crippen LogP contribution is 2.22. The first-order valence-corrected chi connectivity index (χ1v) is 6.97. The summed E-state index contributed by atoms with van der Waals surface area (Å²) in [6.45, 7) is 0.944. The summed E-state index contributed by atoms with van der Waals surface area (Å²) in [4.78, 5) is 12.6. The smallest absolute Gasteiger partial charge is 0.265 e. The third-order valence-corrected chi connectivity index (χ3v) is 3.44. The Morgan fingerprint density at radius 2 is 2.05 bits per heavy atom. The van der Waals surface area contributed by atoms with E-state index in [9.17, 15) is 4.79 Å². The lowest BCUT2D eigenvalue weighted by Gasteiger charge is -2.06. The molecule has 20 heavy (non-hydrogen) atoms. The van der Waals surface area contributed by atoms with Gasteiger partial charge in [0.25, 0.3) is 5.91 Å². The van der Waals surface area contributed by atoms with Crippen LogP contribution < -0.4 is 20.5 Å². The van der Waals surface area contributed by atoms with E-state index in [1.54, 1.807) is 42.8 Å². The number of carbonyl (C=O) groups excluding carboxylic acids is 1. The number of nitrogens with one attached hydrogen (secondary N) is 1. The Morgan fingerprint density at radius 1 is 1.30 bits per heavy atom. The molecule has 0 saturated heterocycles. The van der Waals surface area contributed by atoms with Crippen molar-refractivity contribution >= 4 is 22.9 Å². The molecule has 2 aromatic rings. The van der Waals surface area contributed by atoms with Crippen molar-refractivity contribution in [3.8, 4) is 11.5 Å². The number of hydrogen-bond donors (Lipinski definition) is 2. The molecule has 0 aliphatic carbocycles. The molecule has 106 valence electrons. The zero-order valence-electron chi connectivity index (χ0n) is 11.1. The summed E-state index contributed by atoms with van der Waals surface area (Å²) in [7, 11) is 1.57. The van der Waals surface area contributed by atoms with E-state index in [-0.39, 0.29) is 5.91 Å². The summed E-state index contributed by atoms with van der Waals surface area (Å²) in [5.74, 6) is 1.26. The average molecular weight is 292 g/mol. The quantitative estimate of drug-likeness (QED) is 0.857. The molecule has 1 aromatic heterocycles. The van der Waals surface area contributed by atoms with Gasteiger partial charge in [-0.1, -0.05) is 0 Å². The molecule has 0 bridgehead atoms. The van der Waals surface area contributed by atoms with Gasteiger partial charge in [-0.15, -0.1) is 11.3 Å². The number of anilines is 1. The van der Waals surface area contributed by atoms with E-state index in [4.69, 9.17) is 15.2 Å². The zero-order valence-corrected chi connectivity index (χ0v) is 11.9. The maximum absolute atomic E-state index is 12.0. The van der Waals surface area contributed by atoms with Crippen molar-refractivity contribution in [2.75, 3.05) is 25.6 Å². The van der Waals surface area contributed by atoms with Crippen LogP contribution in [-0.2, 0) is 0 Å². The van der Waals surface area contributed by atoms with Crippen molar-refractivity contribution in [3.05, 3.63) is 40.6 Å². The molecule has 0 atom stereocenters. The van der Waals surface area contributed by atoms with E-state index in [2.05, 4.69) is 5.32 Å². The maximum atomic E-state index is 12.0. The predicted octanol–water partition coefficient (Wildman–Crippen LogP) is 2.35. The second-order valence-corrected chi connectivity index (χ2v) is 4.88. The molecular weight excluding hydrogens is 276 g/mol. The molecule has 0 unspecified atom stereocenters. The van der Waals surface area contributed by atoms with Crippen molar-refractivity contribution in [1.29, 1.82) is 0 Å². The third kappa shape index (κ3) is 3.72. The molecule has 3 N–H and O–H groups in total. The topological polar surface area (TPSA) is 73.6 Å². The minimum atomic E-state index is -0.158. The van der Waals surface area contributed by atoms with E-state index < -0.39 is 0 Å². The summed E-state index contributed by atoms with van der Waals surface area (Å²) in [5.41, 5.74) is 6.07. The highest BCUT2D eigenvalue weighted by atomic mass is 32.1. The Morgan fingerprint density at radius 3 is 2.65 bits per heavy atom. The van der Waals surface area contributed by atoms with Crippen LogP contribution in [0.1, 0.15) is 9.67 Å². The number of benzene rings is 1. The van der Waals surface area contributed by atoms with Gasteiger partial charge in [0.1, 0.15) is 18.1 Å². The first-order valence-electron chi connectivity index (χ1n) is 6.09. The van der Waals surface area contributed by atoms with Crippen LogP contribution in [0.5, 0.6) is 11.5 Å². The second kappa shape index (κ2) is 6.93. The fourth-order valence-corrected chi connectivity index (χ4v) is 2.30. The highest BCUT2D eigenvalue weighted by molar-refractivity contribution is 7.12. The van der Waals surface area contributed by atoms with Crippen LogP contribution >= 0.6 is 11.3 Å². The van der Waals surface area contributed by atoms with Gasteiger partial charge in [0.05, 0.1) is 12.0 Å². The number of carbonyl (C=O) groups is 1. The first kappa shape index (κ1) is 14.4. The minimum Gasteiger partial charge on any atom is -0.496 e. The third-order valence-electron chi connectivity index (χ3n) is 2.53. The van der Waals surface area contributed by atoms with E-state index in [0.717, 1.165) is 5.75 Å². The Balaban J connectivity index is 1.97. The fourth-order valence-electron chi connectivity index (χ4n) is 1.55. The van der Waals surface area contributed by atoms with Crippen molar-refractivity contribution < 1.29 is 14.3 Å². The van der Waals surface area contributed by atoms with Gasteiger partial charge in [-0.25, -0.2) is 0 Å². The Kier molecular flexibility index (Phi) is 4.97. The number of ether oxygens (including phenoxy) is 2. The van der Waals surface area contributed by atoms with Crippen molar-refractivity contribution in [1.82, 2.24) is 0 Å². The first-order chi connectivity index (χ1) is 9.72. The number of methoxy groups -OCH3 is 1. The molecule has 0 aliphatic rings. The van der Waals surface area contributed by atoms with Crippen LogP contribution in [0.25, 0.3) is 0 Å². The number of thiophene rings is 1. The summed E-state index contributed by atoms with van der Waals surface area (Å²) < 4.78 is 10.4. The summed E-state index contributed by atoms with van der Waals surface area (Å²) in [5, 5.41) is 4.60. The molecule has 2 rings (SSSR count). The van der Waals surface area contributed by atoms with Crippen molar-refractivity contribution in [3.63, 3.8) is 0 Å². The second-order valence-electron chi connectivity index (χ2n) is 3.97. The summed E-state index contributed by atoms with van der Waals surface area (Å²) in [6, 6.07) is 8.86. The highest BCUT2D eigenvalue weighted by Gasteiger charge is 2.09. The number of nitrogens with two attached hydrogens (primary N) is 1. The molecule has 0 aliphatic heterocycles. The normalized spacial score (nSPS) is 10.1. The summed E-state index contributed by atoms with van der Waals surface area (Å²) in [6.07, 6.45) is 0. The number of amides is 1. The van der Waals surface area contributed by atoms with Gasteiger partial charge in [0, 0.05) is 23.7 Å². The Bertz CT molecular complexity index is 566. The molecule has 0 radical (unpaired) electrons. The molecule has 1 amide bonds. The van der Waals surface area contributed by atoms with Crippen molar-refractivity contribution in [2.45, 2.75) is 0 Å². The molecule has 1 heterocycles. The van der Waals surface area contributed by atoms with Gasteiger partial charge < -0.3 is 20.5 Å². The van der Waals surface area contributed by atoms with Gasteiger partial charge in [-0.05, 0) is 24.3 Å². The Labute approximate surface area is 121 Å². The average Bonchev–Trinajstić information content (AvgIpc) is 2.95. The van der Waals surface area contributed by atoms with Gasteiger partial charge >= 0.3 is 0 Å². The molecule has 0 fully saturated rings. The largest absolute Gasteiger partial charge is 0.496 e. The number of rotatable bonds is 6. The lowest BCUT2D eigenvalue weighted by Crippen LogP contribution is -2.11. The molecule has 6 heteroatoms. The standard InChI is InChI=1S/C14H16N2O3S/c1-18-12-8-13(20-9-12)14(17)16-10-2-4-11(5-3-10)19-7-6-15/h2-5,8-9H,6-7,15H2,1H3,(H,16,17). The number of hydrogen-bond acceptors (Lipinski definition) is 5. The van der Waals surface area contributed by atoms with Crippen LogP contribution in [-0.4, -0.2) is 26.2 Å². The fraction of sp³-hybridized carbons (Fsp3) is 0.214. The van der Waals surface area contributed by atoms with Crippen LogP contribution in [0.15, 0.2) is 35.7 Å². The van der Waals surface area contributed by atoms with Crippen molar-refractivity contribution in [2.24, 2.45) is 5.73 Å². The SMILES string of the molecule is COc1csc(C(=O)Nc2ccc(OCCN)cc2)c1. The summed E-state index contributed by atoms with van der Waals surface area (Å²) >= 11 is 1.34. The van der Waals surface area contributed by atoms with Gasteiger partial charge in [0.2, 0.25) is 0 Å². The predicted molar refractivity (Wildman–Crippen MR) is 79.8 cm³/mol. The van der Waals surface area contributed by atoms with Crippen LogP contribution in [0.3, 0.4) is 0 Å². The van der Waals surface area contributed by atoms with E-state index >= 15 is 0 Å².